The zero-order chi connectivity index (χ0) is 18.9. The molecule has 1 aromatic heterocycles. The van der Waals surface area contributed by atoms with Crippen molar-refractivity contribution in [2.45, 2.75) is 32.4 Å². The molecule has 0 unspecified atom stereocenters. The third-order valence-corrected chi connectivity index (χ3v) is 6.02. The molecule has 144 valence electrons. The molecular weight excluding hydrogens is 344 g/mol. The van der Waals surface area contributed by atoms with Crippen LogP contribution in [0.25, 0.3) is 0 Å². The Hall–Kier alpha value is -2.47. The van der Waals surface area contributed by atoms with Crippen LogP contribution < -0.4 is 10.1 Å². The summed E-state index contributed by atoms with van der Waals surface area (Å²) in [6.45, 7) is 3.23. The Morgan fingerprint density at radius 3 is 2.85 bits per heavy atom. The smallest absolute Gasteiger partial charge is 0.224 e. The number of hydrogen-bond donors (Lipinski definition) is 2. The Morgan fingerprint density at radius 1 is 1.37 bits per heavy atom. The summed E-state index contributed by atoms with van der Waals surface area (Å²) >= 11 is 0. The molecule has 1 saturated carbocycles. The van der Waals surface area contributed by atoms with Gasteiger partial charge in [-0.3, -0.25) is 9.69 Å². The molecule has 2 heterocycles. The maximum Gasteiger partial charge on any atom is 0.224 e. The quantitative estimate of drug-likeness (QED) is 0.818. The first-order valence-corrected chi connectivity index (χ1v) is 9.48. The molecule has 27 heavy (non-hydrogen) atoms. The van der Waals surface area contributed by atoms with E-state index in [0.717, 1.165) is 50.2 Å². The van der Waals surface area contributed by atoms with Crippen LogP contribution >= 0.6 is 0 Å². The van der Waals surface area contributed by atoms with Crippen LogP contribution in [0.5, 0.6) is 11.5 Å². The summed E-state index contributed by atoms with van der Waals surface area (Å²) in [7, 11) is 1.55. The summed E-state index contributed by atoms with van der Waals surface area (Å²) in [5.41, 5.74) is 1.26. The maximum absolute atomic E-state index is 12.4. The fourth-order valence-electron chi connectivity index (χ4n) is 4.23. The lowest BCUT2D eigenvalue weighted by Gasteiger charge is -2.32. The van der Waals surface area contributed by atoms with E-state index in [2.05, 4.69) is 10.2 Å². The molecule has 1 atom stereocenters. The van der Waals surface area contributed by atoms with Gasteiger partial charge in [0.15, 0.2) is 11.5 Å². The number of carbonyl (C=O) groups is 1. The molecule has 1 aliphatic carbocycles. The molecular formula is C21H26N2O4. The highest BCUT2D eigenvalue weighted by atomic mass is 16.5. The first-order chi connectivity index (χ1) is 13.1. The number of nitrogens with one attached hydrogen (secondary N) is 1. The highest BCUT2D eigenvalue weighted by Gasteiger charge is 2.58. The van der Waals surface area contributed by atoms with Crippen molar-refractivity contribution in [1.82, 2.24) is 10.2 Å². The molecule has 4 rings (SSSR count). The van der Waals surface area contributed by atoms with Crippen molar-refractivity contribution < 1.29 is 19.1 Å². The summed E-state index contributed by atoms with van der Waals surface area (Å²) < 4.78 is 10.4. The zero-order valence-electron chi connectivity index (χ0n) is 15.6. The van der Waals surface area contributed by atoms with Gasteiger partial charge < -0.3 is 19.6 Å². The Balaban J connectivity index is 1.25. The van der Waals surface area contributed by atoms with E-state index < -0.39 is 0 Å². The van der Waals surface area contributed by atoms with Crippen LogP contribution in [-0.4, -0.2) is 36.1 Å². The molecule has 0 bridgehead atoms. The number of amides is 1. The van der Waals surface area contributed by atoms with E-state index in [0.29, 0.717) is 12.3 Å². The fourth-order valence-corrected chi connectivity index (χ4v) is 4.23. The van der Waals surface area contributed by atoms with E-state index in [1.807, 2.05) is 18.2 Å². The molecule has 1 aliphatic heterocycles. The van der Waals surface area contributed by atoms with Crippen LogP contribution in [0.15, 0.2) is 41.0 Å². The third-order valence-electron chi connectivity index (χ3n) is 6.02. The standard InChI is InChI=1S/C21H26N2O4/c1-26-19-5-4-15(11-18(19)24)14-23-8-6-21(7-9-23)12-17(21)20(25)22-13-16-3-2-10-27-16/h2-5,10-11,17,24H,6-9,12-14H2,1H3,(H,22,25)/t17-/m1/s1. The highest BCUT2D eigenvalue weighted by Crippen LogP contribution is 2.59. The van der Waals surface area contributed by atoms with Gasteiger partial charge in [0.2, 0.25) is 5.91 Å². The maximum atomic E-state index is 12.4. The predicted octanol–water partition coefficient (Wildman–Crippen LogP) is 2.91. The van der Waals surface area contributed by atoms with Crippen LogP contribution in [0.4, 0.5) is 0 Å². The van der Waals surface area contributed by atoms with E-state index in [4.69, 9.17) is 9.15 Å². The monoisotopic (exact) mass is 370 g/mol. The highest BCUT2D eigenvalue weighted by molar-refractivity contribution is 5.82. The van der Waals surface area contributed by atoms with Crippen molar-refractivity contribution in [3.8, 4) is 11.5 Å². The summed E-state index contributed by atoms with van der Waals surface area (Å²) in [4.78, 5) is 14.8. The number of carbonyl (C=O) groups excluding carboxylic acids is 1. The minimum atomic E-state index is 0.139. The van der Waals surface area contributed by atoms with Gasteiger partial charge in [-0.1, -0.05) is 6.07 Å². The molecule has 6 heteroatoms. The summed E-state index contributed by atoms with van der Waals surface area (Å²) in [5, 5.41) is 12.9. The second kappa shape index (κ2) is 7.27. The predicted molar refractivity (Wildman–Crippen MR) is 100 cm³/mol. The molecule has 1 amide bonds. The SMILES string of the molecule is COc1ccc(CN2CCC3(CC2)C[C@@H]3C(=O)NCc2ccco2)cc1O. The van der Waals surface area contributed by atoms with Gasteiger partial charge in [-0.25, -0.2) is 0 Å². The third kappa shape index (κ3) is 3.81. The van der Waals surface area contributed by atoms with Crippen molar-refractivity contribution in [2.75, 3.05) is 20.2 Å². The summed E-state index contributed by atoms with van der Waals surface area (Å²) in [5.74, 6) is 1.76. The van der Waals surface area contributed by atoms with Crippen molar-refractivity contribution >= 4 is 5.91 Å². The van der Waals surface area contributed by atoms with E-state index >= 15 is 0 Å². The average molecular weight is 370 g/mol. The second-order valence-electron chi connectivity index (χ2n) is 7.70. The molecule has 2 aliphatic rings. The first kappa shape index (κ1) is 17.9. The van der Waals surface area contributed by atoms with Gasteiger partial charge in [-0.05, 0) is 67.6 Å². The molecule has 1 spiro atoms. The lowest BCUT2D eigenvalue weighted by atomic mass is 9.90. The van der Waals surface area contributed by atoms with Crippen LogP contribution in [0.3, 0.4) is 0 Å². The molecule has 1 saturated heterocycles. The Labute approximate surface area is 159 Å². The molecule has 2 aromatic rings. The summed E-state index contributed by atoms with van der Waals surface area (Å²) in [6, 6.07) is 9.27. The normalized spacial score (nSPS) is 21.1. The summed E-state index contributed by atoms with van der Waals surface area (Å²) in [6.07, 6.45) is 4.72. The molecule has 2 N–H and O–H groups in total. The first-order valence-electron chi connectivity index (χ1n) is 9.48. The number of piperidine rings is 1. The zero-order valence-corrected chi connectivity index (χ0v) is 15.6. The van der Waals surface area contributed by atoms with Gasteiger partial charge in [0.25, 0.3) is 0 Å². The van der Waals surface area contributed by atoms with E-state index in [9.17, 15) is 9.90 Å². The number of phenols is 1. The van der Waals surface area contributed by atoms with Gasteiger partial charge in [-0.15, -0.1) is 0 Å². The van der Waals surface area contributed by atoms with Gasteiger partial charge in [0, 0.05) is 12.5 Å². The van der Waals surface area contributed by atoms with Crippen molar-refractivity contribution in [3.63, 3.8) is 0 Å². The van der Waals surface area contributed by atoms with E-state index in [1.165, 1.54) is 0 Å². The number of aromatic hydroxyl groups is 1. The van der Waals surface area contributed by atoms with Crippen LogP contribution in [0.2, 0.25) is 0 Å². The Kier molecular flexibility index (Phi) is 4.83. The van der Waals surface area contributed by atoms with Gasteiger partial charge in [-0.2, -0.15) is 0 Å². The number of phenolic OH excluding ortho intramolecular Hbond substituents is 1. The Bertz CT molecular complexity index is 795. The van der Waals surface area contributed by atoms with Gasteiger partial charge in [0.1, 0.15) is 5.76 Å². The minimum Gasteiger partial charge on any atom is -0.504 e. The number of likely N-dealkylation sites (tertiary alicyclic amines) is 1. The number of benzene rings is 1. The lowest BCUT2D eigenvalue weighted by molar-refractivity contribution is -0.123. The van der Waals surface area contributed by atoms with Crippen molar-refractivity contribution in [3.05, 3.63) is 47.9 Å². The molecule has 0 radical (unpaired) electrons. The van der Waals surface area contributed by atoms with Crippen LogP contribution in [0, 0.1) is 11.3 Å². The molecule has 6 nitrogen and oxygen atoms in total. The fraction of sp³-hybridized carbons (Fsp3) is 0.476. The second-order valence-corrected chi connectivity index (χ2v) is 7.70. The van der Waals surface area contributed by atoms with Crippen LogP contribution in [-0.2, 0) is 17.9 Å². The average Bonchev–Trinajstić information content (AvgIpc) is 3.11. The molecule has 1 aromatic carbocycles. The van der Waals surface area contributed by atoms with Gasteiger partial charge in [0.05, 0.1) is 19.9 Å². The number of ether oxygens (including phenoxy) is 1. The topological polar surface area (TPSA) is 74.9 Å². The van der Waals surface area contributed by atoms with Crippen molar-refractivity contribution in [2.24, 2.45) is 11.3 Å². The van der Waals surface area contributed by atoms with E-state index in [-0.39, 0.29) is 23.0 Å². The Morgan fingerprint density at radius 2 is 2.19 bits per heavy atom. The van der Waals surface area contributed by atoms with E-state index in [1.54, 1.807) is 25.5 Å². The number of methoxy groups -OCH3 is 1. The minimum absolute atomic E-state index is 0.139. The van der Waals surface area contributed by atoms with Gasteiger partial charge >= 0.3 is 0 Å². The largest absolute Gasteiger partial charge is 0.504 e. The molecule has 2 fully saturated rings. The number of rotatable bonds is 6. The number of hydrogen-bond acceptors (Lipinski definition) is 5. The number of furan rings is 1. The van der Waals surface area contributed by atoms with Crippen molar-refractivity contribution in [1.29, 1.82) is 0 Å². The number of nitrogens with zero attached hydrogens (tertiary/aromatic N) is 1. The lowest BCUT2D eigenvalue weighted by Crippen LogP contribution is -2.36. The van der Waals surface area contributed by atoms with Crippen LogP contribution in [0.1, 0.15) is 30.6 Å².